The Balaban J connectivity index is 2.06. The summed E-state index contributed by atoms with van der Waals surface area (Å²) in [6.45, 7) is 0. The van der Waals surface area contributed by atoms with Crippen LogP contribution in [0, 0.1) is 0 Å². The third-order valence-corrected chi connectivity index (χ3v) is 3.85. The van der Waals surface area contributed by atoms with Crippen molar-refractivity contribution < 1.29 is 4.79 Å². The topological polar surface area (TPSA) is 56.0 Å². The summed E-state index contributed by atoms with van der Waals surface area (Å²) in [4.78, 5) is 16.7. The number of halogens is 1. The minimum Gasteiger partial charge on any atom is -0.383 e. The molecule has 0 aliphatic carbocycles. The fraction of sp³-hybridized carbons (Fsp3) is 0.0769. The molecule has 2 aromatic rings. The number of nitrogen functional groups attached to an aromatic ring is 1. The molecule has 5 heteroatoms. The van der Waals surface area contributed by atoms with Gasteiger partial charge in [-0.25, -0.2) is 4.98 Å². The van der Waals surface area contributed by atoms with E-state index in [9.17, 15) is 4.79 Å². The van der Waals surface area contributed by atoms with Crippen molar-refractivity contribution in [2.24, 2.45) is 0 Å². The first kappa shape index (κ1) is 12.9. The maximum Gasteiger partial charge on any atom is 0.176 e. The molecule has 0 saturated carbocycles. The molecule has 0 aliphatic rings. The molecule has 18 heavy (non-hydrogen) atoms. The van der Waals surface area contributed by atoms with Gasteiger partial charge in [-0.1, -0.05) is 23.7 Å². The molecule has 0 amide bonds. The smallest absolute Gasteiger partial charge is 0.176 e. The zero-order chi connectivity index (χ0) is 13.0. The molecule has 0 saturated heterocycles. The van der Waals surface area contributed by atoms with E-state index in [1.165, 1.54) is 11.8 Å². The van der Waals surface area contributed by atoms with E-state index in [4.69, 9.17) is 17.3 Å². The molecule has 2 N–H and O–H groups in total. The van der Waals surface area contributed by atoms with Crippen LogP contribution in [0.2, 0.25) is 5.02 Å². The number of anilines is 1. The first-order valence-electron chi connectivity index (χ1n) is 5.29. The Hall–Kier alpha value is -1.52. The fourth-order valence-electron chi connectivity index (χ4n) is 1.44. The van der Waals surface area contributed by atoms with Gasteiger partial charge in [-0.05, 0) is 24.3 Å². The normalized spacial score (nSPS) is 10.3. The number of nitrogens with zero attached hydrogens (tertiary/aromatic N) is 1. The first-order valence-corrected chi connectivity index (χ1v) is 6.66. The van der Waals surface area contributed by atoms with E-state index < -0.39 is 0 Å². The van der Waals surface area contributed by atoms with Crippen molar-refractivity contribution >= 4 is 35.0 Å². The lowest BCUT2D eigenvalue weighted by Gasteiger charge is -2.04. The van der Waals surface area contributed by atoms with Crippen LogP contribution in [0.5, 0.6) is 0 Å². The average Bonchev–Trinajstić information content (AvgIpc) is 2.38. The van der Waals surface area contributed by atoms with Gasteiger partial charge in [0, 0.05) is 11.1 Å². The lowest BCUT2D eigenvalue weighted by Crippen LogP contribution is -2.07. The maximum atomic E-state index is 12.0. The van der Waals surface area contributed by atoms with Crippen molar-refractivity contribution in [1.29, 1.82) is 0 Å². The minimum absolute atomic E-state index is 0.0504. The summed E-state index contributed by atoms with van der Waals surface area (Å²) in [6, 6.07) is 10.8. The average molecular weight is 279 g/mol. The lowest BCUT2D eigenvalue weighted by atomic mass is 10.2. The number of nitrogens with two attached hydrogens (primary N) is 1. The predicted octanol–water partition coefficient (Wildman–Crippen LogP) is 3.29. The number of carbonyl (C=O) groups is 1. The number of ketones is 1. The number of Topliss-reactive ketones (excluding diaryl/α,β-unsaturated/α-hetero) is 1. The van der Waals surface area contributed by atoms with Crippen LogP contribution in [0.25, 0.3) is 0 Å². The summed E-state index contributed by atoms with van der Waals surface area (Å²) >= 11 is 7.41. The van der Waals surface area contributed by atoms with Crippen molar-refractivity contribution in [3.8, 4) is 0 Å². The summed E-state index contributed by atoms with van der Waals surface area (Å²) in [5.74, 6) is 0.507. The fourth-order valence-corrected chi connectivity index (χ4v) is 2.56. The summed E-state index contributed by atoms with van der Waals surface area (Å²) < 4.78 is 0. The number of rotatable bonds is 4. The van der Waals surface area contributed by atoms with Crippen LogP contribution in [0.1, 0.15) is 10.4 Å². The van der Waals surface area contributed by atoms with Crippen LogP contribution in [-0.2, 0) is 0 Å². The van der Waals surface area contributed by atoms with Crippen LogP contribution in [0.3, 0.4) is 0 Å². The Morgan fingerprint density at radius 1 is 1.28 bits per heavy atom. The molecule has 1 aromatic heterocycles. The number of thioether (sulfide) groups is 1. The number of benzene rings is 1. The second-order valence-electron chi connectivity index (χ2n) is 3.58. The van der Waals surface area contributed by atoms with Crippen molar-refractivity contribution in [2.75, 3.05) is 11.5 Å². The molecule has 1 heterocycles. The molecule has 0 radical (unpaired) electrons. The summed E-state index contributed by atoms with van der Waals surface area (Å²) in [5, 5.41) is 0.648. The van der Waals surface area contributed by atoms with E-state index in [1.54, 1.807) is 24.4 Å². The predicted molar refractivity (Wildman–Crippen MR) is 75.2 cm³/mol. The van der Waals surface area contributed by atoms with Crippen LogP contribution in [0.15, 0.2) is 47.5 Å². The molecule has 2 rings (SSSR count). The Morgan fingerprint density at radius 3 is 2.78 bits per heavy atom. The molecule has 0 aliphatic heterocycles. The Kier molecular flexibility index (Phi) is 4.23. The van der Waals surface area contributed by atoms with Crippen molar-refractivity contribution in [3.05, 3.63) is 53.2 Å². The number of aromatic nitrogens is 1. The molecule has 3 nitrogen and oxygen atoms in total. The molecule has 0 unspecified atom stereocenters. The van der Waals surface area contributed by atoms with Crippen molar-refractivity contribution in [2.45, 2.75) is 4.90 Å². The van der Waals surface area contributed by atoms with Gasteiger partial charge in [-0.15, -0.1) is 11.8 Å². The number of pyridine rings is 1. The number of carbonyl (C=O) groups excluding carboxylic acids is 1. The molecule has 92 valence electrons. The summed E-state index contributed by atoms with van der Waals surface area (Å²) in [6.07, 6.45) is 1.56. The van der Waals surface area contributed by atoms with Gasteiger partial charge >= 0.3 is 0 Å². The second-order valence-corrected chi connectivity index (χ2v) is 5.00. The summed E-state index contributed by atoms with van der Waals surface area (Å²) in [7, 11) is 0. The van der Waals surface area contributed by atoms with E-state index in [0.717, 1.165) is 4.90 Å². The van der Waals surface area contributed by atoms with Gasteiger partial charge in [0.1, 0.15) is 5.82 Å². The highest BCUT2D eigenvalue weighted by Gasteiger charge is 2.11. The van der Waals surface area contributed by atoms with E-state index in [1.807, 2.05) is 18.2 Å². The molecule has 0 atom stereocenters. The zero-order valence-corrected chi connectivity index (χ0v) is 11.0. The van der Waals surface area contributed by atoms with Gasteiger partial charge in [0.2, 0.25) is 0 Å². The van der Waals surface area contributed by atoms with Gasteiger partial charge < -0.3 is 5.73 Å². The highest BCUT2D eigenvalue weighted by atomic mass is 35.5. The van der Waals surface area contributed by atoms with E-state index in [0.29, 0.717) is 16.3 Å². The number of hydrogen-bond acceptors (Lipinski definition) is 4. The third kappa shape index (κ3) is 3.03. The molecular formula is C13H11ClN2OS. The molecule has 0 fully saturated rings. The van der Waals surface area contributed by atoms with Crippen molar-refractivity contribution in [3.63, 3.8) is 0 Å². The zero-order valence-electron chi connectivity index (χ0n) is 9.47. The Bertz CT molecular complexity index is 574. The highest BCUT2D eigenvalue weighted by molar-refractivity contribution is 8.00. The van der Waals surface area contributed by atoms with E-state index >= 15 is 0 Å². The standard InChI is InChI=1S/C13H11ClN2OS/c14-10-5-1-2-6-12(10)18-8-11(17)9-4-3-7-16-13(9)15/h1-7H,8H2,(H2,15,16). The van der Waals surface area contributed by atoms with Crippen LogP contribution in [-0.4, -0.2) is 16.5 Å². The van der Waals surface area contributed by atoms with Gasteiger partial charge in [-0.3, -0.25) is 4.79 Å². The van der Waals surface area contributed by atoms with Gasteiger partial charge in [0.15, 0.2) is 5.78 Å². The minimum atomic E-state index is -0.0504. The molecular weight excluding hydrogens is 268 g/mol. The van der Waals surface area contributed by atoms with Crippen LogP contribution in [0.4, 0.5) is 5.82 Å². The van der Waals surface area contributed by atoms with Crippen LogP contribution >= 0.6 is 23.4 Å². The monoisotopic (exact) mass is 278 g/mol. The van der Waals surface area contributed by atoms with E-state index in [-0.39, 0.29) is 11.6 Å². The van der Waals surface area contributed by atoms with Crippen LogP contribution < -0.4 is 5.73 Å². The first-order chi connectivity index (χ1) is 8.68. The van der Waals surface area contributed by atoms with Gasteiger partial charge in [0.05, 0.1) is 16.3 Å². The SMILES string of the molecule is Nc1ncccc1C(=O)CSc1ccccc1Cl. The van der Waals surface area contributed by atoms with E-state index in [2.05, 4.69) is 4.98 Å². The largest absolute Gasteiger partial charge is 0.383 e. The summed E-state index contributed by atoms with van der Waals surface area (Å²) in [5.41, 5.74) is 6.11. The van der Waals surface area contributed by atoms with Crippen molar-refractivity contribution in [1.82, 2.24) is 4.98 Å². The quantitative estimate of drug-likeness (QED) is 0.689. The number of hydrogen-bond donors (Lipinski definition) is 1. The van der Waals surface area contributed by atoms with Gasteiger partial charge in [0.25, 0.3) is 0 Å². The Labute approximate surface area is 114 Å². The maximum absolute atomic E-state index is 12.0. The third-order valence-electron chi connectivity index (χ3n) is 2.33. The highest BCUT2D eigenvalue weighted by Crippen LogP contribution is 2.27. The Morgan fingerprint density at radius 2 is 2.06 bits per heavy atom. The lowest BCUT2D eigenvalue weighted by molar-refractivity contribution is 0.102. The molecule has 1 aromatic carbocycles. The molecule has 0 bridgehead atoms. The molecule has 0 spiro atoms. The second kappa shape index (κ2) is 5.89. The van der Waals surface area contributed by atoms with Gasteiger partial charge in [-0.2, -0.15) is 0 Å².